The molecule has 0 bridgehead atoms. The second kappa shape index (κ2) is 6.31. The number of hydrogen-bond donors (Lipinski definition) is 0. The van der Waals surface area contributed by atoms with Crippen molar-refractivity contribution in [2.75, 3.05) is 7.11 Å². The number of carbonyl (C=O) groups excluding carboxylic acids is 1. The molecule has 1 aromatic carbocycles. The summed E-state index contributed by atoms with van der Waals surface area (Å²) in [6.45, 7) is 0.732. The molecule has 110 valence electrons. The first-order valence-corrected chi connectivity index (χ1v) is 8.09. The molecule has 21 heavy (non-hydrogen) atoms. The van der Waals surface area contributed by atoms with E-state index in [0.29, 0.717) is 12.5 Å². The van der Waals surface area contributed by atoms with Gasteiger partial charge in [-0.1, -0.05) is 24.3 Å². The third-order valence-corrected chi connectivity index (χ3v) is 4.61. The van der Waals surface area contributed by atoms with Gasteiger partial charge in [-0.3, -0.25) is 4.79 Å². The van der Waals surface area contributed by atoms with Crippen molar-refractivity contribution in [3.8, 4) is 5.75 Å². The summed E-state index contributed by atoms with van der Waals surface area (Å²) >= 11 is 1.71. The summed E-state index contributed by atoms with van der Waals surface area (Å²) in [5.74, 6) is 0.980. The Hall–Kier alpha value is -1.81. The van der Waals surface area contributed by atoms with Crippen molar-refractivity contribution in [2.24, 2.45) is 0 Å². The molecule has 2 aromatic rings. The van der Waals surface area contributed by atoms with Crippen molar-refractivity contribution in [3.05, 3.63) is 52.2 Å². The van der Waals surface area contributed by atoms with Gasteiger partial charge in [-0.05, 0) is 30.4 Å². The first kappa shape index (κ1) is 14.1. The first-order chi connectivity index (χ1) is 10.3. The van der Waals surface area contributed by atoms with Crippen molar-refractivity contribution in [2.45, 2.75) is 31.8 Å². The van der Waals surface area contributed by atoms with E-state index >= 15 is 0 Å². The lowest BCUT2D eigenvalue weighted by Gasteiger charge is -2.22. The summed E-state index contributed by atoms with van der Waals surface area (Å²) in [5.41, 5.74) is 0.960. The van der Waals surface area contributed by atoms with E-state index in [1.807, 2.05) is 35.2 Å². The molecule has 0 saturated heterocycles. The highest BCUT2D eigenvalue weighted by Gasteiger charge is 2.32. The van der Waals surface area contributed by atoms with Gasteiger partial charge >= 0.3 is 0 Å². The molecular weight excluding hydrogens is 282 g/mol. The summed E-state index contributed by atoms with van der Waals surface area (Å²) in [6, 6.07) is 12.3. The Bertz CT molecular complexity index is 605. The number of hydrogen-bond acceptors (Lipinski definition) is 3. The summed E-state index contributed by atoms with van der Waals surface area (Å²) in [5, 5.41) is 2.06. The van der Waals surface area contributed by atoms with E-state index in [0.717, 1.165) is 30.7 Å². The summed E-state index contributed by atoms with van der Waals surface area (Å²) in [6.07, 6.45) is 2.66. The molecule has 1 heterocycles. The lowest BCUT2D eigenvalue weighted by Crippen LogP contribution is -2.33. The van der Waals surface area contributed by atoms with Gasteiger partial charge < -0.3 is 9.64 Å². The lowest BCUT2D eigenvalue weighted by molar-refractivity contribution is -0.131. The molecule has 0 N–H and O–H groups in total. The van der Waals surface area contributed by atoms with Gasteiger partial charge in [0, 0.05) is 16.5 Å². The summed E-state index contributed by atoms with van der Waals surface area (Å²) in [7, 11) is 1.65. The average molecular weight is 301 g/mol. The highest BCUT2D eigenvalue weighted by Crippen LogP contribution is 2.30. The van der Waals surface area contributed by atoms with E-state index in [2.05, 4.69) is 11.4 Å². The van der Waals surface area contributed by atoms with Gasteiger partial charge in [0.2, 0.25) is 5.91 Å². The maximum atomic E-state index is 12.7. The minimum atomic E-state index is 0.190. The fourth-order valence-electron chi connectivity index (χ4n) is 2.49. The Morgan fingerprint density at radius 3 is 2.76 bits per heavy atom. The number of amides is 1. The minimum Gasteiger partial charge on any atom is -0.496 e. The molecule has 1 aliphatic rings. The molecule has 0 aliphatic heterocycles. The molecule has 3 nitrogen and oxygen atoms in total. The van der Waals surface area contributed by atoms with E-state index < -0.39 is 0 Å². The Morgan fingerprint density at radius 2 is 2.10 bits per heavy atom. The molecule has 4 heteroatoms. The fraction of sp³-hybridized carbons (Fsp3) is 0.353. The molecule has 0 radical (unpaired) electrons. The molecule has 1 fully saturated rings. The van der Waals surface area contributed by atoms with Crippen LogP contribution < -0.4 is 4.74 Å². The van der Waals surface area contributed by atoms with Crippen molar-refractivity contribution in [3.63, 3.8) is 0 Å². The quantitative estimate of drug-likeness (QED) is 0.817. The van der Waals surface area contributed by atoms with Gasteiger partial charge in [0.25, 0.3) is 0 Å². The van der Waals surface area contributed by atoms with Crippen molar-refractivity contribution in [1.82, 2.24) is 4.90 Å². The van der Waals surface area contributed by atoms with Crippen LogP contribution in [0.3, 0.4) is 0 Å². The van der Waals surface area contributed by atoms with Crippen LogP contribution in [0.4, 0.5) is 0 Å². The van der Waals surface area contributed by atoms with E-state index in [1.165, 1.54) is 4.88 Å². The van der Waals surface area contributed by atoms with Crippen LogP contribution >= 0.6 is 11.3 Å². The van der Waals surface area contributed by atoms with Gasteiger partial charge in [-0.15, -0.1) is 11.3 Å². The van der Waals surface area contributed by atoms with Gasteiger partial charge in [-0.2, -0.15) is 0 Å². The number of para-hydroxylation sites is 1. The predicted molar refractivity (Wildman–Crippen MR) is 84.6 cm³/mol. The third kappa shape index (κ3) is 3.45. The minimum absolute atomic E-state index is 0.190. The smallest absolute Gasteiger partial charge is 0.227 e. The van der Waals surface area contributed by atoms with E-state index in [-0.39, 0.29) is 5.91 Å². The Balaban J connectivity index is 1.72. The zero-order chi connectivity index (χ0) is 14.7. The van der Waals surface area contributed by atoms with Crippen LogP contribution in [-0.4, -0.2) is 24.0 Å². The highest BCUT2D eigenvalue weighted by atomic mass is 32.1. The van der Waals surface area contributed by atoms with Gasteiger partial charge in [0.05, 0.1) is 20.1 Å². The van der Waals surface area contributed by atoms with E-state index in [1.54, 1.807) is 18.4 Å². The van der Waals surface area contributed by atoms with E-state index in [9.17, 15) is 4.79 Å². The highest BCUT2D eigenvalue weighted by molar-refractivity contribution is 7.09. The van der Waals surface area contributed by atoms with Crippen molar-refractivity contribution >= 4 is 17.2 Å². The Morgan fingerprint density at radius 1 is 1.29 bits per heavy atom. The standard InChI is InChI=1S/C17H19NO2S/c1-20-16-7-3-2-5-13(16)11-17(19)18(14-8-9-14)12-15-6-4-10-21-15/h2-7,10,14H,8-9,11-12H2,1H3. The number of thiophene rings is 1. The second-order valence-corrected chi connectivity index (χ2v) is 6.35. The average Bonchev–Trinajstić information content (AvgIpc) is 3.21. The van der Waals surface area contributed by atoms with Gasteiger partial charge in [0.15, 0.2) is 0 Å². The third-order valence-electron chi connectivity index (χ3n) is 3.75. The molecule has 1 saturated carbocycles. The topological polar surface area (TPSA) is 29.5 Å². The second-order valence-electron chi connectivity index (χ2n) is 5.32. The fourth-order valence-corrected chi connectivity index (χ4v) is 3.19. The summed E-state index contributed by atoms with van der Waals surface area (Å²) in [4.78, 5) is 15.9. The van der Waals surface area contributed by atoms with Crippen LogP contribution in [0.25, 0.3) is 0 Å². The van der Waals surface area contributed by atoms with Crippen molar-refractivity contribution in [1.29, 1.82) is 0 Å². The largest absolute Gasteiger partial charge is 0.496 e. The SMILES string of the molecule is COc1ccccc1CC(=O)N(Cc1cccs1)C1CC1. The molecule has 0 atom stereocenters. The molecular formula is C17H19NO2S. The lowest BCUT2D eigenvalue weighted by atomic mass is 10.1. The van der Waals surface area contributed by atoms with Gasteiger partial charge in [-0.25, -0.2) is 0 Å². The van der Waals surface area contributed by atoms with Crippen LogP contribution in [0.1, 0.15) is 23.3 Å². The Kier molecular flexibility index (Phi) is 4.25. The van der Waals surface area contributed by atoms with Crippen LogP contribution in [0, 0.1) is 0 Å². The maximum absolute atomic E-state index is 12.7. The zero-order valence-electron chi connectivity index (χ0n) is 12.1. The Labute approximate surface area is 129 Å². The zero-order valence-corrected chi connectivity index (χ0v) is 12.9. The molecule has 1 aromatic heterocycles. The molecule has 1 aliphatic carbocycles. The molecule has 0 spiro atoms. The van der Waals surface area contributed by atoms with Crippen LogP contribution in [0.15, 0.2) is 41.8 Å². The first-order valence-electron chi connectivity index (χ1n) is 7.21. The van der Waals surface area contributed by atoms with Crippen LogP contribution in [-0.2, 0) is 17.8 Å². The normalized spacial score (nSPS) is 14.0. The monoisotopic (exact) mass is 301 g/mol. The molecule has 1 amide bonds. The van der Waals surface area contributed by atoms with Crippen LogP contribution in [0.5, 0.6) is 5.75 Å². The number of ether oxygens (including phenoxy) is 1. The van der Waals surface area contributed by atoms with Gasteiger partial charge in [0.1, 0.15) is 5.75 Å². The number of carbonyl (C=O) groups is 1. The molecule has 3 rings (SSSR count). The van der Waals surface area contributed by atoms with Crippen molar-refractivity contribution < 1.29 is 9.53 Å². The van der Waals surface area contributed by atoms with Crippen LogP contribution in [0.2, 0.25) is 0 Å². The molecule has 0 unspecified atom stereocenters. The predicted octanol–water partition coefficient (Wildman–Crippen LogP) is 3.49. The number of methoxy groups -OCH3 is 1. The summed E-state index contributed by atoms with van der Waals surface area (Å²) < 4.78 is 5.34. The van der Waals surface area contributed by atoms with E-state index in [4.69, 9.17) is 4.74 Å². The number of benzene rings is 1. The number of nitrogens with zero attached hydrogens (tertiary/aromatic N) is 1. The number of rotatable bonds is 6. The maximum Gasteiger partial charge on any atom is 0.227 e.